The Bertz CT molecular complexity index is 1030. The Morgan fingerprint density at radius 2 is 2.00 bits per heavy atom. The van der Waals surface area contributed by atoms with Gasteiger partial charge in [0.25, 0.3) is 0 Å². The molecule has 4 nitrogen and oxygen atoms in total. The number of hydrogen-bond donors (Lipinski definition) is 0. The molecule has 1 aromatic heterocycles. The molecule has 2 heterocycles. The van der Waals surface area contributed by atoms with Crippen LogP contribution >= 0.6 is 11.6 Å². The summed E-state index contributed by atoms with van der Waals surface area (Å²) in [5.74, 6) is 0.861. The van der Waals surface area contributed by atoms with Gasteiger partial charge in [0.05, 0.1) is 7.11 Å². The van der Waals surface area contributed by atoms with Crippen molar-refractivity contribution in [3.8, 4) is 5.75 Å². The molecule has 1 saturated heterocycles. The highest BCUT2D eigenvalue weighted by atomic mass is 35.5. The standard InChI is InChI=1S/C22H22ClNO3/c1-14-10-21-18(12-19(14)23)16(11-22(25)27-21)13-24-9-3-4-20(24)15-5-7-17(26-2)8-6-15/h5-8,10-12,20H,3-4,9,13H2,1-2H3. The number of halogens is 1. The van der Waals surface area contributed by atoms with E-state index in [-0.39, 0.29) is 5.63 Å². The summed E-state index contributed by atoms with van der Waals surface area (Å²) in [4.78, 5) is 14.5. The van der Waals surface area contributed by atoms with Crippen LogP contribution in [0, 0.1) is 6.92 Å². The lowest BCUT2D eigenvalue weighted by molar-refractivity contribution is 0.249. The third-order valence-electron chi connectivity index (χ3n) is 5.35. The summed E-state index contributed by atoms with van der Waals surface area (Å²) in [6.07, 6.45) is 2.24. The summed E-state index contributed by atoms with van der Waals surface area (Å²) in [5, 5.41) is 1.59. The molecule has 0 spiro atoms. The average Bonchev–Trinajstić information content (AvgIpc) is 3.11. The van der Waals surface area contributed by atoms with Crippen LogP contribution in [-0.2, 0) is 6.54 Å². The monoisotopic (exact) mass is 383 g/mol. The Morgan fingerprint density at radius 3 is 2.74 bits per heavy atom. The van der Waals surface area contributed by atoms with E-state index in [1.807, 2.05) is 31.2 Å². The van der Waals surface area contributed by atoms with Crippen molar-refractivity contribution in [2.75, 3.05) is 13.7 Å². The number of likely N-dealkylation sites (tertiary alicyclic amines) is 1. The van der Waals surface area contributed by atoms with Crippen molar-refractivity contribution in [3.63, 3.8) is 0 Å². The zero-order valence-electron chi connectivity index (χ0n) is 15.5. The molecule has 1 fully saturated rings. The van der Waals surface area contributed by atoms with Crippen LogP contribution in [0.5, 0.6) is 5.75 Å². The summed E-state index contributed by atoms with van der Waals surface area (Å²) in [7, 11) is 1.68. The van der Waals surface area contributed by atoms with Gasteiger partial charge < -0.3 is 9.15 Å². The first-order chi connectivity index (χ1) is 13.0. The van der Waals surface area contributed by atoms with Gasteiger partial charge in [0.2, 0.25) is 0 Å². The zero-order valence-corrected chi connectivity index (χ0v) is 16.3. The predicted molar refractivity (Wildman–Crippen MR) is 108 cm³/mol. The quantitative estimate of drug-likeness (QED) is 0.588. The van der Waals surface area contributed by atoms with E-state index < -0.39 is 0 Å². The van der Waals surface area contributed by atoms with Gasteiger partial charge >= 0.3 is 5.63 Å². The second-order valence-corrected chi connectivity index (χ2v) is 7.50. The summed E-state index contributed by atoms with van der Waals surface area (Å²) in [6, 6.07) is 13.9. The maximum Gasteiger partial charge on any atom is 0.336 e. The maximum atomic E-state index is 12.1. The van der Waals surface area contributed by atoms with E-state index in [0.717, 1.165) is 41.6 Å². The number of fused-ring (bicyclic) bond motifs is 1. The van der Waals surface area contributed by atoms with E-state index >= 15 is 0 Å². The zero-order chi connectivity index (χ0) is 19.0. The highest BCUT2D eigenvalue weighted by molar-refractivity contribution is 6.32. The number of nitrogens with zero attached hydrogens (tertiary/aromatic N) is 1. The molecule has 27 heavy (non-hydrogen) atoms. The van der Waals surface area contributed by atoms with Gasteiger partial charge in [-0.1, -0.05) is 23.7 Å². The van der Waals surface area contributed by atoms with Crippen LogP contribution in [0.3, 0.4) is 0 Å². The maximum absolute atomic E-state index is 12.1. The molecule has 3 aromatic rings. The largest absolute Gasteiger partial charge is 0.497 e. The van der Waals surface area contributed by atoms with Crippen molar-refractivity contribution < 1.29 is 9.15 Å². The fourth-order valence-corrected chi connectivity index (χ4v) is 4.08. The minimum absolute atomic E-state index is 0.320. The van der Waals surface area contributed by atoms with Gasteiger partial charge in [-0.25, -0.2) is 4.79 Å². The minimum Gasteiger partial charge on any atom is -0.497 e. The molecular weight excluding hydrogens is 362 g/mol. The molecule has 0 saturated carbocycles. The van der Waals surface area contributed by atoms with Crippen LogP contribution in [0.25, 0.3) is 11.0 Å². The normalized spacial score (nSPS) is 17.5. The van der Waals surface area contributed by atoms with Crippen LogP contribution < -0.4 is 10.4 Å². The highest BCUT2D eigenvalue weighted by Crippen LogP contribution is 2.35. The van der Waals surface area contributed by atoms with E-state index in [4.69, 9.17) is 20.8 Å². The fraction of sp³-hybridized carbons (Fsp3) is 0.318. The smallest absolute Gasteiger partial charge is 0.336 e. The average molecular weight is 384 g/mol. The van der Waals surface area contributed by atoms with Gasteiger partial charge in [0.15, 0.2) is 0 Å². The van der Waals surface area contributed by atoms with E-state index in [9.17, 15) is 4.79 Å². The van der Waals surface area contributed by atoms with Gasteiger partial charge in [-0.2, -0.15) is 0 Å². The fourth-order valence-electron chi connectivity index (χ4n) is 3.92. The van der Waals surface area contributed by atoms with Crippen molar-refractivity contribution in [1.82, 2.24) is 4.90 Å². The molecule has 4 rings (SSSR count). The molecule has 1 atom stereocenters. The molecule has 140 valence electrons. The van der Waals surface area contributed by atoms with E-state index in [1.165, 1.54) is 5.56 Å². The van der Waals surface area contributed by atoms with Crippen LogP contribution in [0.2, 0.25) is 5.02 Å². The summed E-state index contributed by atoms with van der Waals surface area (Å²) < 4.78 is 10.7. The van der Waals surface area contributed by atoms with E-state index in [2.05, 4.69) is 17.0 Å². The second-order valence-electron chi connectivity index (χ2n) is 7.09. The lowest BCUT2D eigenvalue weighted by atomic mass is 10.0. The summed E-state index contributed by atoms with van der Waals surface area (Å²) in [5.41, 5.74) is 3.42. The molecule has 1 aliphatic rings. The van der Waals surface area contributed by atoms with Gasteiger partial charge in [-0.05, 0) is 67.3 Å². The molecular formula is C22H22ClNO3. The Labute approximate surface area is 163 Å². The SMILES string of the molecule is COc1ccc(C2CCCN2Cc2cc(=O)oc3cc(C)c(Cl)cc23)cc1. The third kappa shape index (κ3) is 3.60. The molecule has 0 bridgehead atoms. The molecule has 1 aliphatic heterocycles. The molecule has 1 unspecified atom stereocenters. The van der Waals surface area contributed by atoms with Gasteiger partial charge in [-0.3, -0.25) is 4.90 Å². The first-order valence-electron chi connectivity index (χ1n) is 9.16. The molecule has 5 heteroatoms. The Kier molecular flexibility index (Phi) is 4.94. The van der Waals surface area contributed by atoms with Crippen molar-refractivity contribution in [2.24, 2.45) is 0 Å². The predicted octanol–water partition coefficient (Wildman–Crippen LogP) is 5.10. The topological polar surface area (TPSA) is 42.7 Å². The van der Waals surface area contributed by atoms with Gasteiger partial charge in [0, 0.05) is 29.1 Å². The molecule has 0 aliphatic carbocycles. The molecule has 0 amide bonds. The van der Waals surface area contributed by atoms with Crippen LogP contribution in [-0.4, -0.2) is 18.6 Å². The number of aryl methyl sites for hydroxylation is 1. The van der Waals surface area contributed by atoms with Crippen molar-refractivity contribution in [3.05, 3.63) is 74.6 Å². The first kappa shape index (κ1) is 18.1. The second kappa shape index (κ2) is 7.37. The van der Waals surface area contributed by atoms with Crippen LogP contribution in [0.4, 0.5) is 0 Å². The Morgan fingerprint density at radius 1 is 1.22 bits per heavy atom. The molecule has 2 aromatic carbocycles. The number of rotatable bonds is 4. The molecule has 0 radical (unpaired) electrons. The van der Waals surface area contributed by atoms with Crippen LogP contribution in [0.15, 0.2) is 51.7 Å². The van der Waals surface area contributed by atoms with Crippen LogP contribution in [0.1, 0.15) is 35.6 Å². The van der Waals surface area contributed by atoms with Gasteiger partial charge in [0.1, 0.15) is 11.3 Å². The number of benzene rings is 2. The van der Waals surface area contributed by atoms with Crippen molar-refractivity contribution in [1.29, 1.82) is 0 Å². The van der Waals surface area contributed by atoms with E-state index in [1.54, 1.807) is 13.2 Å². The third-order valence-corrected chi connectivity index (χ3v) is 5.75. The lowest BCUT2D eigenvalue weighted by Gasteiger charge is -2.25. The Hall–Kier alpha value is -2.30. The highest BCUT2D eigenvalue weighted by Gasteiger charge is 2.26. The first-order valence-corrected chi connectivity index (χ1v) is 9.54. The molecule has 0 N–H and O–H groups in total. The summed E-state index contributed by atoms with van der Waals surface area (Å²) in [6.45, 7) is 3.60. The Balaban J connectivity index is 1.68. The van der Waals surface area contributed by atoms with Gasteiger partial charge in [-0.15, -0.1) is 0 Å². The van der Waals surface area contributed by atoms with Crippen molar-refractivity contribution >= 4 is 22.6 Å². The van der Waals surface area contributed by atoms with E-state index in [0.29, 0.717) is 23.2 Å². The minimum atomic E-state index is -0.320. The number of ether oxygens (including phenoxy) is 1. The lowest BCUT2D eigenvalue weighted by Crippen LogP contribution is -2.23. The summed E-state index contributed by atoms with van der Waals surface area (Å²) >= 11 is 6.32. The van der Waals surface area contributed by atoms with Crippen molar-refractivity contribution in [2.45, 2.75) is 32.4 Å². The number of hydrogen-bond acceptors (Lipinski definition) is 4. The number of methoxy groups -OCH3 is 1.